The van der Waals surface area contributed by atoms with Crippen LogP contribution in [-0.4, -0.2) is 45.7 Å². The Bertz CT molecular complexity index is 417. The first-order valence-electron chi connectivity index (χ1n) is 8.11. The Labute approximate surface area is 154 Å². The van der Waals surface area contributed by atoms with E-state index >= 15 is 0 Å². The van der Waals surface area contributed by atoms with E-state index in [2.05, 4.69) is 42.3 Å². The summed E-state index contributed by atoms with van der Waals surface area (Å²) in [6.45, 7) is 6.56. The predicted octanol–water partition coefficient (Wildman–Crippen LogP) is 3.14. The van der Waals surface area contributed by atoms with Crippen molar-refractivity contribution in [3.05, 3.63) is 31.3 Å². The van der Waals surface area contributed by atoms with Gasteiger partial charge in [0.05, 0.1) is 0 Å². The van der Waals surface area contributed by atoms with Gasteiger partial charge >= 0.3 is 0 Å². The van der Waals surface area contributed by atoms with Gasteiger partial charge in [0.2, 0.25) is 5.91 Å². The van der Waals surface area contributed by atoms with Gasteiger partial charge in [0.15, 0.2) is 0 Å². The molecule has 0 bridgehead atoms. The second-order valence-electron chi connectivity index (χ2n) is 4.32. The Morgan fingerprint density at radius 1 is 0.962 bits per heavy atom. The second-order valence-corrected chi connectivity index (χ2v) is 4.32. The van der Waals surface area contributed by atoms with E-state index in [1.165, 1.54) is 26.8 Å². The molecule has 0 unspecified atom stereocenters. The molecule has 0 aromatic heterocycles. The molecule has 150 valence electrons. The number of hydrogen-bond acceptors (Lipinski definition) is 6. The zero-order valence-electron chi connectivity index (χ0n) is 16.0. The number of nitrogens with zero attached hydrogens (tertiary/aromatic N) is 9. The molecule has 0 radical (unpaired) electrons. The van der Waals surface area contributed by atoms with Gasteiger partial charge in [-0.05, 0) is 48.9 Å². The van der Waals surface area contributed by atoms with Crippen LogP contribution >= 0.6 is 0 Å². The van der Waals surface area contributed by atoms with E-state index in [4.69, 9.17) is 28.1 Å². The maximum atomic E-state index is 10.3. The Morgan fingerprint density at radius 3 is 1.69 bits per heavy atom. The maximum absolute atomic E-state index is 10.3. The van der Waals surface area contributed by atoms with E-state index in [0.717, 1.165) is 13.0 Å². The average Bonchev–Trinajstić information content (AvgIpc) is 2.64. The summed E-state index contributed by atoms with van der Waals surface area (Å²) in [5, 5.41) is 12.1. The number of carbonyl (C=O) groups is 1. The van der Waals surface area contributed by atoms with Crippen molar-refractivity contribution in [1.29, 1.82) is 0 Å². The lowest BCUT2D eigenvalue weighted by Gasteiger charge is -1.96. The Morgan fingerprint density at radius 2 is 1.42 bits per heavy atom. The normalized spacial score (nSPS) is 7.42. The van der Waals surface area contributed by atoms with Crippen molar-refractivity contribution in [3.63, 3.8) is 0 Å². The van der Waals surface area contributed by atoms with E-state index < -0.39 is 0 Å². The zero-order chi connectivity index (χ0) is 20.9. The van der Waals surface area contributed by atoms with Crippen molar-refractivity contribution in [2.75, 3.05) is 39.8 Å². The molecule has 26 heavy (non-hydrogen) atoms. The molecule has 0 aliphatic rings. The number of amides is 1. The van der Waals surface area contributed by atoms with E-state index in [1.54, 1.807) is 0 Å². The predicted molar refractivity (Wildman–Crippen MR) is 104 cm³/mol. The number of unbranched alkanes of at least 4 members (excludes halogenated alkanes) is 1. The molecule has 0 aliphatic carbocycles. The van der Waals surface area contributed by atoms with Crippen LogP contribution in [0.2, 0.25) is 0 Å². The average molecular weight is 372 g/mol. The van der Waals surface area contributed by atoms with Crippen LogP contribution in [0.15, 0.2) is 15.3 Å². The largest absolute Gasteiger partial charge is 0.356 e. The lowest BCUT2D eigenvalue weighted by atomic mass is 10.3. The lowest BCUT2D eigenvalue weighted by molar-refractivity contribution is -0.118. The molecule has 0 heterocycles. The summed E-state index contributed by atoms with van der Waals surface area (Å²) in [5.74, 6) is -0.0547. The van der Waals surface area contributed by atoms with Crippen LogP contribution in [0, 0.1) is 0 Å². The highest BCUT2D eigenvalue weighted by Crippen LogP contribution is 1.78. The van der Waals surface area contributed by atoms with Crippen LogP contribution in [0.4, 0.5) is 0 Å². The molecular formula is C13H32N12O. The molecular weight excluding hydrogens is 340 g/mol. The maximum Gasteiger partial charge on any atom is 0.216 e. The summed E-state index contributed by atoms with van der Waals surface area (Å²) >= 11 is 0. The summed E-state index contributed by atoms with van der Waals surface area (Å²) < 4.78 is 0. The molecule has 5 N–H and O–H groups in total. The van der Waals surface area contributed by atoms with Crippen LogP contribution in [0.25, 0.3) is 31.3 Å². The molecule has 0 aromatic carbocycles. The lowest BCUT2D eigenvalue weighted by Crippen LogP contribution is -2.21. The second kappa shape index (κ2) is 38.1. The molecule has 0 saturated heterocycles. The molecule has 0 aliphatic heterocycles. The summed E-state index contributed by atoms with van der Waals surface area (Å²) in [7, 11) is 1.39. The smallest absolute Gasteiger partial charge is 0.216 e. The van der Waals surface area contributed by atoms with Crippen LogP contribution in [0.1, 0.15) is 39.5 Å². The van der Waals surface area contributed by atoms with Gasteiger partial charge in [-0.15, -0.1) is 0 Å². The van der Waals surface area contributed by atoms with Gasteiger partial charge < -0.3 is 16.8 Å². The number of carbonyl (C=O) groups excluding carboxylic acids is 1. The zero-order valence-corrected chi connectivity index (χ0v) is 16.0. The van der Waals surface area contributed by atoms with Crippen LogP contribution in [0.5, 0.6) is 0 Å². The third-order valence-electron chi connectivity index (χ3n) is 2.04. The van der Waals surface area contributed by atoms with E-state index in [0.29, 0.717) is 32.6 Å². The summed E-state index contributed by atoms with van der Waals surface area (Å²) in [6, 6.07) is 0. The molecule has 0 spiro atoms. The van der Waals surface area contributed by atoms with E-state index in [1.807, 2.05) is 0 Å². The molecule has 13 nitrogen and oxygen atoms in total. The van der Waals surface area contributed by atoms with E-state index in [-0.39, 0.29) is 5.91 Å². The van der Waals surface area contributed by atoms with Crippen LogP contribution in [-0.2, 0) is 4.79 Å². The number of azide groups is 3. The van der Waals surface area contributed by atoms with Gasteiger partial charge in [-0.2, -0.15) is 0 Å². The summed E-state index contributed by atoms with van der Waals surface area (Å²) in [5.41, 5.74) is 33.1. The third-order valence-corrected chi connectivity index (χ3v) is 2.04. The fraction of sp³-hybridized carbons (Fsp3) is 0.923. The van der Waals surface area contributed by atoms with Gasteiger partial charge in [-0.1, -0.05) is 28.7 Å². The molecule has 0 rings (SSSR count). The minimum Gasteiger partial charge on any atom is -0.356 e. The van der Waals surface area contributed by atoms with Crippen molar-refractivity contribution in [2.45, 2.75) is 39.5 Å². The topological polar surface area (TPSA) is 227 Å². The Hall–Kier alpha value is -2.68. The van der Waals surface area contributed by atoms with Crippen LogP contribution in [0.3, 0.4) is 0 Å². The highest BCUT2D eigenvalue weighted by molar-refractivity contribution is 5.72. The fourth-order valence-corrected chi connectivity index (χ4v) is 0.870. The van der Waals surface area contributed by atoms with Gasteiger partial charge in [0, 0.05) is 48.3 Å². The van der Waals surface area contributed by atoms with Crippen molar-refractivity contribution >= 4 is 5.91 Å². The Balaban J connectivity index is -0.000000133. The number of hydrogen-bond donors (Lipinski definition) is 3. The van der Waals surface area contributed by atoms with Gasteiger partial charge in [0.25, 0.3) is 0 Å². The van der Waals surface area contributed by atoms with Crippen molar-refractivity contribution < 1.29 is 4.79 Å². The van der Waals surface area contributed by atoms with Crippen molar-refractivity contribution in [2.24, 2.45) is 26.8 Å². The van der Waals surface area contributed by atoms with Gasteiger partial charge in [-0.25, -0.2) is 0 Å². The minimum atomic E-state index is -0.0547. The first kappa shape index (κ1) is 31.1. The molecule has 13 heteroatoms. The van der Waals surface area contributed by atoms with Gasteiger partial charge in [-0.3, -0.25) is 4.79 Å². The highest BCUT2D eigenvalue weighted by atomic mass is 16.1. The van der Waals surface area contributed by atoms with Crippen molar-refractivity contribution in [1.82, 2.24) is 5.32 Å². The molecule has 1 amide bonds. The number of nitrogens with one attached hydrogen (secondary N) is 1. The number of nitrogens with two attached hydrogens (primary N) is 2. The SMILES string of the molecule is CC(=O)NCCCN=[N+]=[N-].CCCCN.CN=[N+]=[N-].[N-]=[N+]=NCCCN. The molecule has 0 aromatic rings. The molecule has 0 fully saturated rings. The standard InChI is InChI=1S/C5H10N4O.C4H11N.C3H8N4.CH3N3/c1-5(10)7-3-2-4-8-9-6;1-2-3-4-5;4-2-1-3-6-7-5;1-3-4-2/h2-4H2,1H3,(H,7,10);2-5H2,1H3;1-4H2;1H3. The summed E-state index contributed by atoms with van der Waals surface area (Å²) in [6.07, 6.45) is 3.87. The number of rotatable bonds is 9. The minimum absolute atomic E-state index is 0.0547. The summed E-state index contributed by atoms with van der Waals surface area (Å²) in [4.78, 5) is 17.7. The quantitative estimate of drug-likeness (QED) is 0.240. The fourth-order valence-electron chi connectivity index (χ4n) is 0.870. The van der Waals surface area contributed by atoms with E-state index in [9.17, 15) is 4.79 Å². The van der Waals surface area contributed by atoms with Gasteiger partial charge in [0.1, 0.15) is 0 Å². The van der Waals surface area contributed by atoms with Crippen LogP contribution < -0.4 is 16.8 Å². The molecule has 0 atom stereocenters. The highest BCUT2D eigenvalue weighted by Gasteiger charge is 1.87. The monoisotopic (exact) mass is 372 g/mol. The molecule has 0 saturated carbocycles. The Kier molecular flexibility index (Phi) is 45.6. The first-order valence-corrected chi connectivity index (χ1v) is 8.11. The first-order chi connectivity index (χ1) is 12.5. The van der Waals surface area contributed by atoms with Crippen molar-refractivity contribution in [3.8, 4) is 0 Å². The third kappa shape index (κ3) is 68.7.